The molecule has 0 aliphatic carbocycles. The summed E-state index contributed by atoms with van der Waals surface area (Å²) in [7, 11) is 0. The van der Waals surface area contributed by atoms with Crippen LogP contribution in [0.1, 0.15) is 124 Å². The quantitative estimate of drug-likeness (QED) is 0.117. The number of carbonyl (C=O) groups is 1. The van der Waals surface area contributed by atoms with Crippen LogP contribution in [0.25, 0.3) is 0 Å². The highest BCUT2D eigenvalue weighted by molar-refractivity contribution is 5.59. The van der Waals surface area contributed by atoms with E-state index in [1.807, 2.05) is 0 Å². The van der Waals surface area contributed by atoms with Crippen LogP contribution in [0.5, 0.6) is 0 Å². The molecule has 0 saturated heterocycles. The van der Waals surface area contributed by atoms with E-state index in [1.165, 1.54) is 77.0 Å². The minimum Gasteiger partial charge on any atom is -0.434 e. The highest BCUT2D eigenvalue weighted by atomic mass is 16.7. The van der Waals surface area contributed by atoms with E-state index in [-0.39, 0.29) is 0 Å². The lowest BCUT2D eigenvalue weighted by Gasteiger charge is -2.07. The van der Waals surface area contributed by atoms with Gasteiger partial charge in [-0.1, -0.05) is 104 Å². The normalized spacial score (nSPS) is 11.4. The maximum absolute atomic E-state index is 11.5. The summed E-state index contributed by atoms with van der Waals surface area (Å²) >= 11 is 0. The van der Waals surface area contributed by atoms with Gasteiger partial charge in [0.05, 0.1) is 13.2 Å². The predicted molar refractivity (Wildman–Crippen MR) is 121 cm³/mol. The zero-order valence-electron chi connectivity index (χ0n) is 19.2. The standard InChI is InChI=1S/C25H48O3/c1-4-5-6-7-8-9-10-11-12-13-16-19-22-27-25(26)28-23-20-17-14-15-18-21-24(2)3/h7-8,24H,4-6,9-23H2,1-3H3. The molecule has 0 unspecified atom stereocenters. The van der Waals surface area contributed by atoms with Crippen molar-refractivity contribution < 1.29 is 14.3 Å². The van der Waals surface area contributed by atoms with Gasteiger partial charge in [-0.2, -0.15) is 0 Å². The number of rotatable bonds is 20. The Hall–Kier alpha value is -0.990. The first-order valence-corrected chi connectivity index (χ1v) is 12.1. The third kappa shape index (κ3) is 23.0. The third-order valence-electron chi connectivity index (χ3n) is 5.02. The lowest BCUT2D eigenvalue weighted by Crippen LogP contribution is -2.09. The summed E-state index contributed by atoms with van der Waals surface area (Å²) in [4.78, 5) is 11.5. The molecule has 0 aromatic carbocycles. The van der Waals surface area contributed by atoms with E-state index in [4.69, 9.17) is 9.47 Å². The molecule has 0 spiro atoms. The first-order chi connectivity index (χ1) is 13.7. The van der Waals surface area contributed by atoms with Gasteiger partial charge in [-0.3, -0.25) is 0 Å². The van der Waals surface area contributed by atoms with Gasteiger partial charge in [0.15, 0.2) is 0 Å². The Morgan fingerprint density at radius 2 is 1.14 bits per heavy atom. The fourth-order valence-electron chi connectivity index (χ4n) is 3.17. The van der Waals surface area contributed by atoms with Crippen LogP contribution in [0.15, 0.2) is 12.2 Å². The van der Waals surface area contributed by atoms with Crippen LogP contribution in [0.3, 0.4) is 0 Å². The van der Waals surface area contributed by atoms with Crippen LogP contribution in [0, 0.1) is 5.92 Å². The maximum atomic E-state index is 11.5. The zero-order valence-corrected chi connectivity index (χ0v) is 19.2. The number of unbranched alkanes of at least 4 members (excludes halogenated alkanes) is 12. The van der Waals surface area contributed by atoms with Crippen molar-refractivity contribution in [3.05, 3.63) is 12.2 Å². The molecular weight excluding hydrogens is 348 g/mol. The second-order valence-electron chi connectivity index (χ2n) is 8.42. The van der Waals surface area contributed by atoms with Crippen molar-refractivity contribution in [1.29, 1.82) is 0 Å². The molecule has 0 aromatic heterocycles. The summed E-state index contributed by atoms with van der Waals surface area (Å²) in [6, 6.07) is 0. The summed E-state index contributed by atoms with van der Waals surface area (Å²) in [5, 5.41) is 0. The van der Waals surface area contributed by atoms with E-state index < -0.39 is 6.16 Å². The largest absolute Gasteiger partial charge is 0.508 e. The number of hydrogen-bond donors (Lipinski definition) is 0. The van der Waals surface area contributed by atoms with E-state index in [0.717, 1.165) is 31.6 Å². The molecule has 0 radical (unpaired) electrons. The van der Waals surface area contributed by atoms with Gasteiger partial charge >= 0.3 is 6.16 Å². The molecular formula is C25H48O3. The summed E-state index contributed by atoms with van der Waals surface area (Å²) in [6.07, 6.45) is 23.7. The Balaban J connectivity index is 3.20. The molecule has 3 nitrogen and oxygen atoms in total. The lowest BCUT2D eigenvalue weighted by molar-refractivity contribution is 0.0529. The smallest absolute Gasteiger partial charge is 0.434 e. The second kappa shape index (κ2) is 22.3. The Labute approximate surface area is 175 Å². The number of carbonyl (C=O) groups excluding carboxylic acids is 1. The maximum Gasteiger partial charge on any atom is 0.508 e. The molecule has 0 amide bonds. The number of ether oxygens (including phenoxy) is 2. The third-order valence-corrected chi connectivity index (χ3v) is 5.02. The Morgan fingerprint density at radius 1 is 0.679 bits per heavy atom. The molecule has 0 heterocycles. The van der Waals surface area contributed by atoms with E-state index in [1.54, 1.807) is 0 Å². The van der Waals surface area contributed by atoms with Gasteiger partial charge in [0.2, 0.25) is 0 Å². The second-order valence-corrected chi connectivity index (χ2v) is 8.42. The van der Waals surface area contributed by atoms with E-state index in [0.29, 0.717) is 13.2 Å². The van der Waals surface area contributed by atoms with E-state index in [9.17, 15) is 4.79 Å². The lowest BCUT2D eigenvalue weighted by atomic mass is 10.0. The first kappa shape index (κ1) is 27.0. The topological polar surface area (TPSA) is 35.5 Å². The SMILES string of the molecule is CCCCC=CCCCCCCCCOC(=O)OCCCCCCCC(C)C. The van der Waals surface area contributed by atoms with Gasteiger partial charge in [0, 0.05) is 0 Å². The minimum absolute atomic E-state index is 0.491. The van der Waals surface area contributed by atoms with Crippen LogP contribution in [0.4, 0.5) is 4.79 Å². The highest BCUT2D eigenvalue weighted by Crippen LogP contribution is 2.11. The zero-order chi connectivity index (χ0) is 20.7. The molecule has 0 N–H and O–H groups in total. The van der Waals surface area contributed by atoms with Crippen molar-refractivity contribution >= 4 is 6.16 Å². The summed E-state index contributed by atoms with van der Waals surface area (Å²) in [5.74, 6) is 0.806. The van der Waals surface area contributed by atoms with Gasteiger partial charge in [0.1, 0.15) is 0 Å². The van der Waals surface area contributed by atoms with Crippen LogP contribution in [-0.2, 0) is 9.47 Å². The molecule has 0 atom stereocenters. The van der Waals surface area contributed by atoms with Crippen molar-refractivity contribution in [1.82, 2.24) is 0 Å². The Bertz CT molecular complexity index is 350. The van der Waals surface area contributed by atoms with E-state index >= 15 is 0 Å². The molecule has 3 heteroatoms. The van der Waals surface area contributed by atoms with Gasteiger partial charge in [0.25, 0.3) is 0 Å². The van der Waals surface area contributed by atoms with Gasteiger partial charge < -0.3 is 9.47 Å². The summed E-state index contributed by atoms with van der Waals surface area (Å²) in [5.41, 5.74) is 0. The van der Waals surface area contributed by atoms with Crippen molar-refractivity contribution in [2.75, 3.05) is 13.2 Å². The fourth-order valence-corrected chi connectivity index (χ4v) is 3.17. The minimum atomic E-state index is -0.491. The summed E-state index contributed by atoms with van der Waals surface area (Å²) in [6.45, 7) is 7.77. The van der Waals surface area contributed by atoms with Gasteiger partial charge in [-0.05, 0) is 38.0 Å². The number of hydrogen-bond acceptors (Lipinski definition) is 3. The molecule has 0 bridgehead atoms. The molecule has 0 aromatic rings. The molecule has 0 aliphatic heterocycles. The Kier molecular flexibility index (Phi) is 21.5. The van der Waals surface area contributed by atoms with E-state index in [2.05, 4.69) is 32.9 Å². The molecule has 0 fully saturated rings. The predicted octanol–water partition coefficient (Wildman–Crippen LogP) is 8.61. The van der Waals surface area contributed by atoms with Crippen molar-refractivity contribution in [2.45, 2.75) is 124 Å². The van der Waals surface area contributed by atoms with Crippen LogP contribution in [0.2, 0.25) is 0 Å². The van der Waals surface area contributed by atoms with Gasteiger partial charge in [-0.15, -0.1) is 0 Å². The van der Waals surface area contributed by atoms with Crippen molar-refractivity contribution in [3.63, 3.8) is 0 Å². The molecule has 166 valence electrons. The molecule has 0 rings (SSSR count). The monoisotopic (exact) mass is 396 g/mol. The average Bonchev–Trinajstić information content (AvgIpc) is 2.67. The van der Waals surface area contributed by atoms with Crippen LogP contribution in [-0.4, -0.2) is 19.4 Å². The summed E-state index contributed by atoms with van der Waals surface area (Å²) < 4.78 is 10.3. The Morgan fingerprint density at radius 3 is 1.68 bits per heavy atom. The van der Waals surface area contributed by atoms with Crippen molar-refractivity contribution in [3.8, 4) is 0 Å². The van der Waals surface area contributed by atoms with Crippen LogP contribution < -0.4 is 0 Å². The van der Waals surface area contributed by atoms with Crippen LogP contribution >= 0.6 is 0 Å². The van der Waals surface area contributed by atoms with Crippen molar-refractivity contribution in [2.24, 2.45) is 5.92 Å². The molecule has 0 saturated carbocycles. The fraction of sp³-hybridized carbons (Fsp3) is 0.880. The average molecular weight is 397 g/mol. The molecule has 28 heavy (non-hydrogen) atoms. The highest BCUT2D eigenvalue weighted by Gasteiger charge is 2.03. The first-order valence-electron chi connectivity index (χ1n) is 12.1. The number of allylic oxidation sites excluding steroid dienone is 2. The van der Waals surface area contributed by atoms with Gasteiger partial charge in [-0.25, -0.2) is 4.79 Å². The molecule has 0 aliphatic rings.